The van der Waals surface area contributed by atoms with Crippen molar-refractivity contribution in [2.45, 2.75) is 55.8 Å². The molecule has 0 radical (unpaired) electrons. The fourth-order valence-electron chi connectivity index (χ4n) is 2.92. The monoisotopic (exact) mass is 342 g/mol. The van der Waals surface area contributed by atoms with E-state index in [0.717, 1.165) is 16.5 Å². The highest BCUT2D eigenvalue weighted by Gasteiger charge is 2.36. The lowest BCUT2D eigenvalue weighted by Crippen LogP contribution is -2.28. The first-order chi connectivity index (χ1) is 11.7. The largest absolute Gasteiger partial charge is 0.349 e. The first-order valence-corrected chi connectivity index (χ1v) is 9.63. The summed E-state index contributed by atoms with van der Waals surface area (Å²) in [7, 11) is 0. The van der Waals surface area contributed by atoms with E-state index in [-0.39, 0.29) is 11.9 Å². The zero-order chi connectivity index (χ0) is 16.5. The van der Waals surface area contributed by atoms with Crippen molar-refractivity contribution in [3.63, 3.8) is 0 Å². The molecule has 0 spiro atoms. The van der Waals surface area contributed by atoms with Gasteiger partial charge in [0.1, 0.15) is 5.82 Å². The molecular formula is C18H22N4OS. The van der Waals surface area contributed by atoms with E-state index >= 15 is 0 Å². The van der Waals surface area contributed by atoms with E-state index in [9.17, 15) is 4.79 Å². The molecule has 1 N–H and O–H groups in total. The number of aromatic nitrogens is 3. The van der Waals surface area contributed by atoms with Crippen LogP contribution in [0.1, 0.15) is 62.0 Å². The van der Waals surface area contributed by atoms with Crippen LogP contribution in [0.3, 0.4) is 0 Å². The quantitative estimate of drug-likeness (QED) is 0.783. The van der Waals surface area contributed by atoms with Crippen LogP contribution in [0.4, 0.5) is 0 Å². The molecule has 1 heterocycles. The highest BCUT2D eigenvalue weighted by atomic mass is 32.2. The van der Waals surface area contributed by atoms with Crippen LogP contribution in [0.2, 0.25) is 0 Å². The minimum absolute atomic E-state index is 0.0163. The SMILES string of the molecule is CC(NC(=O)CSc1nnc(C2CC2)n1C1CC1)c1ccccc1. The number of rotatable bonds is 7. The summed E-state index contributed by atoms with van der Waals surface area (Å²) >= 11 is 1.50. The standard InChI is InChI=1S/C18H22N4OS/c1-12(13-5-3-2-4-6-13)19-16(23)11-24-18-21-20-17(14-7-8-14)22(18)15-9-10-15/h2-6,12,14-15H,7-11H2,1H3,(H,19,23). The van der Waals surface area contributed by atoms with Gasteiger partial charge in [-0.25, -0.2) is 0 Å². The van der Waals surface area contributed by atoms with Crippen molar-refractivity contribution in [2.75, 3.05) is 5.75 Å². The number of thioether (sulfide) groups is 1. The molecule has 0 aliphatic heterocycles. The number of amides is 1. The Morgan fingerprint density at radius 3 is 2.67 bits per heavy atom. The molecule has 1 amide bonds. The van der Waals surface area contributed by atoms with Gasteiger partial charge < -0.3 is 9.88 Å². The molecule has 1 atom stereocenters. The van der Waals surface area contributed by atoms with Crippen LogP contribution in [0.25, 0.3) is 0 Å². The van der Waals surface area contributed by atoms with Gasteiger partial charge in [0.15, 0.2) is 5.16 Å². The van der Waals surface area contributed by atoms with Crippen LogP contribution >= 0.6 is 11.8 Å². The van der Waals surface area contributed by atoms with Crippen LogP contribution in [0, 0.1) is 0 Å². The molecule has 6 heteroatoms. The molecular weight excluding hydrogens is 320 g/mol. The van der Waals surface area contributed by atoms with Gasteiger partial charge in [0.2, 0.25) is 5.91 Å². The molecule has 2 aliphatic carbocycles. The maximum atomic E-state index is 12.3. The van der Waals surface area contributed by atoms with Crippen molar-refractivity contribution in [1.29, 1.82) is 0 Å². The minimum atomic E-state index is 0.0163. The zero-order valence-electron chi connectivity index (χ0n) is 13.8. The van der Waals surface area contributed by atoms with E-state index in [2.05, 4.69) is 20.1 Å². The van der Waals surface area contributed by atoms with Gasteiger partial charge in [-0.05, 0) is 38.2 Å². The Labute approximate surface area is 146 Å². The van der Waals surface area contributed by atoms with Gasteiger partial charge in [0.05, 0.1) is 11.8 Å². The molecule has 24 heavy (non-hydrogen) atoms. The van der Waals surface area contributed by atoms with Crippen molar-refractivity contribution in [2.24, 2.45) is 0 Å². The summed E-state index contributed by atoms with van der Waals surface area (Å²) in [6.45, 7) is 2.01. The number of carbonyl (C=O) groups is 1. The van der Waals surface area contributed by atoms with Gasteiger partial charge in [-0.15, -0.1) is 10.2 Å². The summed E-state index contributed by atoms with van der Waals surface area (Å²) in [4.78, 5) is 12.3. The van der Waals surface area contributed by atoms with Gasteiger partial charge in [-0.3, -0.25) is 4.79 Å². The second-order valence-electron chi connectivity index (χ2n) is 6.70. The molecule has 2 saturated carbocycles. The average Bonchev–Trinajstić information content (AvgIpc) is 3.52. The topological polar surface area (TPSA) is 59.8 Å². The van der Waals surface area contributed by atoms with E-state index < -0.39 is 0 Å². The Kier molecular flexibility index (Phi) is 4.31. The fourth-order valence-corrected chi connectivity index (χ4v) is 3.74. The van der Waals surface area contributed by atoms with Gasteiger partial charge in [0, 0.05) is 12.0 Å². The Hall–Kier alpha value is -1.82. The maximum absolute atomic E-state index is 12.3. The van der Waals surface area contributed by atoms with Crippen molar-refractivity contribution in [3.8, 4) is 0 Å². The Morgan fingerprint density at radius 2 is 2.00 bits per heavy atom. The zero-order valence-corrected chi connectivity index (χ0v) is 14.6. The third kappa shape index (κ3) is 3.48. The number of hydrogen-bond acceptors (Lipinski definition) is 4. The lowest BCUT2D eigenvalue weighted by molar-refractivity contribution is -0.119. The predicted octanol–water partition coefficient (Wildman–Crippen LogP) is 3.46. The van der Waals surface area contributed by atoms with E-state index in [4.69, 9.17) is 0 Å². The minimum Gasteiger partial charge on any atom is -0.349 e. The normalized spacial score (nSPS) is 18.4. The Balaban J connectivity index is 1.36. The van der Waals surface area contributed by atoms with Gasteiger partial charge in [0.25, 0.3) is 0 Å². The fraction of sp³-hybridized carbons (Fsp3) is 0.500. The molecule has 1 aromatic carbocycles. The summed E-state index contributed by atoms with van der Waals surface area (Å²) < 4.78 is 2.29. The first-order valence-electron chi connectivity index (χ1n) is 8.64. The average molecular weight is 342 g/mol. The third-order valence-corrected chi connectivity index (χ3v) is 5.50. The molecule has 1 unspecified atom stereocenters. The third-order valence-electron chi connectivity index (χ3n) is 4.55. The molecule has 0 saturated heterocycles. The van der Waals surface area contributed by atoms with Gasteiger partial charge in [-0.1, -0.05) is 42.1 Å². The molecule has 126 valence electrons. The predicted molar refractivity (Wildman–Crippen MR) is 94.0 cm³/mol. The summed E-state index contributed by atoms with van der Waals surface area (Å²) in [5, 5.41) is 12.7. The van der Waals surface area contributed by atoms with Crippen molar-refractivity contribution in [1.82, 2.24) is 20.1 Å². The second kappa shape index (κ2) is 6.59. The molecule has 2 aliphatic rings. The highest BCUT2D eigenvalue weighted by molar-refractivity contribution is 7.99. The summed E-state index contributed by atoms with van der Waals surface area (Å²) in [5.74, 6) is 2.15. The van der Waals surface area contributed by atoms with E-state index in [1.165, 1.54) is 37.4 Å². The Morgan fingerprint density at radius 1 is 1.25 bits per heavy atom. The van der Waals surface area contributed by atoms with Crippen LogP contribution < -0.4 is 5.32 Å². The van der Waals surface area contributed by atoms with E-state index in [0.29, 0.717) is 17.7 Å². The summed E-state index contributed by atoms with van der Waals surface area (Å²) in [6.07, 6.45) is 4.88. The lowest BCUT2D eigenvalue weighted by atomic mass is 10.1. The van der Waals surface area contributed by atoms with Crippen LogP contribution in [0.15, 0.2) is 35.5 Å². The number of benzene rings is 1. The molecule has 4 rings (SSSR count). The number of nitrogens with zero attached hydrogens (tertiary/aromatic N) is 3. The molecule has 2 aromatic rings. The molecule has 2 fully saturated rings. The van der Waals surface area contributed by atoms with Gasteiger partial charge in [-0.2, -0.15) is 0 Å². The van der Waals surface area contributed by atoms with Crippen molar-refractivity contribution in [3.05, 3.63) is 41.7 Å². The highest BCUT2D eigenvalue weighted by Crippen LogP contribution is 2.45. The van der Waals surface area contributed by atoms with E-state index in [1.807, 2.05) is 37.3 Å². The second-order valence-corrected chi connectivity index (χ2v) is 7.65. The summed E-state index contributed by atoms with van der Waals surface area (Å²) in [5.41, 5.74) is 1.12. The molecule has 5 nitrogen and oxygen atoms in total. The molecule has 0 bridgehead atoms. The summed E-state index contributed by atoms with van der Waals surface area (Å²) in [6, 6.07) is 10.6. The Bertz CT molecular complexity index is 722. The van der Waals surface area contributed by atoms with Crippen LogP contribution in [-0.2, 0) is 4.79 Å². The van der Waals surface area contributed by atoms with Crippen molar-refractivity contribution >= 4 is 17.7 Å². The number of hydrogen-bond donors (Lipinski definition) is 1. The number of nitrogens with one attached hydrogen (secondary N) is 1. The van der Waals surface area contributed by atoms with E-state index in [1.54, 1.807) is 0 Å². The lowest BCUT2D eigenvalue weighted by Gasteiger charge is -2.14. The van der Waals surface area contributed by atoms with Gasteiger partial charge >= 0.3 is 0 Å². The molecule has 1 aromatic heterocycles. The van der Waals surface area contributed by atoms with Crippen molar-refractivity contribution < 1.29 is 4.79 Å². The van der Waals surface area contributed by atoms with Crippen LogP contribution in [0.5, 0.6) is 0 Å². The van der Waals surface area contributed by atoms with Crippen LogP contribution in [-0.4, -0.2) is 26.4 Å². The smallest absolute Gasteiger partial charge is 0.230 e. The maximum Gasteiger partial charge on any atom is 0.230 e. The first kappa shape index (κ1) is 15.7. The number of carbonyl (C=O) groups excluding carboxylic acids is 1.